The molecule has 0 aromatic heterocycles. The van der Waals surface area contributed by atoms with Gasteiger partial charge >= 0.3 is 0 Å². The van der Waals surface area contributed by atoms with Gasteiger partial charge in [0.05, 0.1) is 22.0 Å². The van der Waals surface area contributed by atoms with Gasteiger partial charge in [-0.1, -0.05) is 48.3 Å². The smallest absolute Gasteiger partial charge is 0.244 e. The van der Waals surface area contributed by atoms with E-state index in [1.807, 2.05) is 32.9 Å². The van der Waals surface area contributed by atoms with Crippen molar-refractivity contribution in [2.24, 2.45) is 0 Å². The van der Waals surface area contributed by atoms with Crippen LogP contribution in [0.3, 0.4) is 0 Å². The van der Waals surface area contributed by atoms with Gasteiger partial charge in [0.25, 0.3) is 0 Å². The Bertz CT molecular complexity index is 1190. The average molecular weight is 543 g/mol. The monoisotopic (exact) mass is 541 g/mol. The highest BCUT2D eigenvalue weighted by Crippen LogP contribution is 2.26. The van der Waals surface area contributed by atoms with E-state index < -0.39 is 28.5 Å². The molecule has 192 valence electrons. The summed E-state index contributed by atoms with van der Waals surface area (Å²) in [6.45, 7) is 8.73. The zero-order valence-corrected chi connectivity index (χ0v) is 23.3. The van der Waals surface area contributed by atoms with E-state index in [1.54, 1.807) is 38.1 Å². The fraction of sp³-hybridized carbons (Fsp3) is 0.440. The molecule has 2 rings (SSSR count). The van der Waals surface area contributed by atoms with Crippen molar-refractivity contribution in [1.29, 1.82) is 0 Å². The normalized spacial score (nSPS) is 12.4. The Kier molecular flexibility index (Phi) is 10.0. The van der Waals surface area contributed by atoms with E-state index in [4.69, 9.17) is 23.2 Å². The fourth-order valence-corrected chi connectivity index (χ4v) is 4.94. The number of carbonyl (C=O) groups excluding carboxylic acids is 2. The first kappa shape index (κ1) is 28.9. The molecule has 0 saturated carbocycles. The number of hydrogen-bond donors (Lipinski definition) is 1. The molecular formula is C25H33Cl2N3O4S. The highest BCUT2D eigenvalue weighted by molar-refractivity contribution is 7.92. The van der Waals surface area contributed by atoms with E-state index in [2.05, 4.69) is 5.32 Å². The van der Waals surface area contributed by atoms with Crippen molar-refractivity contribution in [2.45, 2.75) is 59.7 Å². The summed E-state index contributed by atoms with van der Waals surface area (Å²) in [6, 6.07) is 9.47. The second-order valence-electron chi connectivity index (χ2n) is 8.92. The van der Waals surface area contributed by atoms with Crippen LogP contribution in [0.15, 0.2) is 36.4 Å². The number of halogens is 2. The molecule has 1 unspecified atom stereocenters. The summed E-state index contributed by atoms with van der Waals surface area (Å²) in [7, 11) is -3.80. The molecule has 0 saturated heterocycles. The Morgan fingerprint density at radius 2 is 1.69 bits per heavy atom. The van der Waals surface area contributed by atoms with Gasteiger partial charge in [0.15, 0.2) is 0 Å². The van der Waals surface area contributed by atoms with Crippen LogP contribution in [-0.4, -0.2) is 50.0 Å². The quantitative estimate of drug-likeness (QED) is 0.471. The lowest BCUT2D eigenvalue weighted by Gasteiger charge is -2.33. The van der Waals surface area contributed by atoms with Crippen molar-refractivity contribution in [2.75, 3.05) is 17.1 Å². The number of anilines is 1. The topological polar surface area (TPSA) is 86.8 Å². The lowest BCUT2D eigenvalue weighted by Crippen LogP contribution is -2.53. The van der Waals surface area contributed by atoms with Gasteiger partial charge in [-0.2, -0.15) is 0 Å². The van der Waals surface area contributed by atoms with Crippen LogP contribution in [0, 0.1) is 13.8 Å². The van der Waals surface area contributed by atoms with Crippen molar-refractivity contribution in [3.05, 3.63) is 63.1 Å². The summed E-state index contributed by atoms with van der Waals surface area (Å²) in [5.74, 6) is -0.818. The van der Waals surface area contributed by atoms with Crippen molar-refractivity contribution in [3.8, 4) is 0 Å². The molecule has 0 aliphatic carbocycles. The number of nitrogens with one attached hydrogen (secondary N) is 1. The molecule has 2 aromatic rings. The third kappa shape index (κ3) is 7.85. The molecule has 1 N–H and O–H groups in total. The van der Waals surface area contributed by atoms with E-state index >= 15 is 0 Å². The largest absolute Gasteiger partial charge is 0.352 e. The van der Waals surface area contributed by atoms with E-state index in [1.165, 1.54) is 4.90 Å². The zero-order chi connectivity index (χ0) is 26.5. The van der Waals surface area contributed by atoms with E-state index in [0.29, 0.717) is 27.7 Å². The van der Waals surface area contributed by atoms with Crippen LogP contribution in [-0.2, 0) is 26.2 Å². The van der Waals surface area contributed by atoms with Gasteiger partial charge in [0, 0.05) is 12.6 Å². The number of benzene rings is 2. The summed E-state index contributed by atoms with van der Waals surface area (Å²) in [5, 5.41) is 3.55. The molecule has 10 heteroatoms. The van der Waals surface area contributed by atoms with Crippen molar-refractivity contribution < 1.29 is 18.0 Å². The lowest BCUT2D eigenvalue weighted by atomic mass is 10.1. The van der Waals surface area contributed by atoms with E-state index in [-0.39, 0.29) is 18.5 Å². The van der Waals surface area contributed by atoms with Gasteiger partial charge in [-0.25, -0.2) is 8.42 Å². The molecule has 7 nitrogen and oxygen atoms in total. The van der Waals surface area contributed by atoms with Gasteiger partial charge in [-0.05, 0) is 69.0 Å². The number of aryl methyl sites for hydroxylation is 2. The number of hydrogen-bond acceptors (Lipinski definition) is 4. The molecule has 1 atom stereocenters. The molecular weight excluding hydrogens is 509 g/mol. The van der Waals surface area contributed by atoms with Gasteiger partial charge in [0.2, 0.25) is 21.8 Å². The summed E-state index contributed by atoms with van der Waals surface area (Å²) in [6.07, 6.45) is 1.40. The van der Waals surface area contributed by atoms with Crippen molar-refractivity contribution >= 4 is 50.7 Å². The Hall–Kier alpha value is -2.29. The maximum absolute atomic E-state index is 13.7. The van der Waals surface area contributed by atoms with Crippen LogP contribution >= 0.6 is 23.2 Å². The summed E-state index contributed by atoms with van der Waals surface area (Å²) < 4.78 is 26.6. The summed E-state index contributed by atoms with van der Waals surface area (Å²) >= 11 is 12.2. The maximum atomic E-state index is 13.7. The first-order valence-corrected chi connectivity index (χ1v) is 13.9. The number of nitrogens with zero attached hydrogens (tertiary/aromatic N) is 2. The summed E-state index contributed by atoms with van der Waals surface area (Å²) in [4.78, 5) is 28.1. The van der Waals surface area contributed by atoms with Crippen LogP contribution in [0.25, 0.3) is 0 Å². The minimum Gasteiger partial charge on any atom is -0.352 e. The van der Waals surface area contributed by atoms with Gasteiger partial charge in [0.1, 0.15) is 12.6 Å². The van der Waals surface area contributed by atoms with Crippen LogP contribution in [0.2, 0.25) is 10.0 Å². The third-order valence-corrected chi connectivity index (χ3v) is 7.33. The standard InChI is InChI=1S/C25H33Cl2N3O4S/c1-7-22(25(32)28-16(2)3)29(14-19-10-11-20(26)21(27)13-19)24(31)15-30(35(6,33)34)23-12-17(4)8-9-18(23)5/h8-13,16,22H,7,14-15H2,1-6H3,(H,28,32). The van der Waals surface area contributed by atoms with Crippen LogP contribution in [0.5, 0.6) is 0 Å². The first-order valence-electron chi connectivity index (χ1n) is 11.3. The SMILES string of the molecule is CCC(C(=O)NC(C)C)N(Cc1ccc(Cl)c(Cl)c1)C(=O)CN(c1cc(C)ccc1C)S(C)(=O)=O. The van der Waals surface area contributed by atoms with E-state index in [0.717, 1.165) is 21.7 Å². The predicted molar refractivity (Wildman–Crippen MR) is 142 cm³/mol. The zero-order valence-electron chi connectivity index (χ0n) is 20.9. The second-order valence-corrected chi connectivity index (χ2v) is 11.6. The van der Waals surface area contributed by atoms with Crippen molar-refractivity contribution in [1.82, 2.24) is 10.2 Å². The van der Waals surface area contributed by atoms with Crippen LogP contribution in [0.1, 0.15) is 43.9 Å². The maximum Gasteiger partial charge on any atom is 0.244 e. The third-order valence-electron chi connectivity index (χ3n) is 5.47. The van der Waals surface area contributed by atoms with Gasteiger partial charge in [-0.3, -0.25) is 13.9 Å². The molecule has 0 radical (unpaired) electrons. The molecule has 35 heavy (non-hydrogen) atoms. The predicted octanol–water partition coefficient (Wildman–Crippen LogP) is 4.71. The molecule has 0 aliphatic rings. The number of sulfonamides is 1. The highest BCUT2D eigenvalue weighted by atomic mass is 35.5. The van der Waals surface area contributed by atoms with Crippen LogP contribution in [0.4, 0.5) is 5.69 Å². The molecule has 0 spiro atoms. The van der Waals surface area contributed by atoms with Crippen LogP contribution < -0.4 is 9.62 Å². The van der Waals surface area contributed by atoms with Gasteiger partial charge < -0.3 is 10.2 Å². The Morgan fingerprint density at radius 1 is 1.03 bits per heavy atom. The molecule has 2 amide bonds. The molecule has 0 aliphatic heterocycles. The number of amides is 2. The van der Waals surface area contributed by atoms with Crippen molar-refractivity contribution in [3.63, 3.8) is 0 Å². The minimum atomic E-state index is -3.80. The second kappa shape index (κ2) is 12.1. The first-order chi connectivity index (χ1) is 16.2. The Labute approximate surface area is 218 Å². The highest BCUT2D eigenvalue weighted by Gasteiger charge is 2.32. The molecule has 2 aromatic carbocycles. The number of carbonyl (C=O) groups is 2. The fourth-order valence-electron chi connectivity index (χ4n) is 3.72. The van der Waals surface area contributed by atoms with E-state index in [9.17, 15) is 18.0 Å². The number of rotatable bonds is 10. The summed E-state index contributed by atoms with van der Waals surface area (Å²) in [5.41, 5.74) is 2.67. The Balaban J connectivity index is 2.51. The minimum absolute atomic E-state index is 0.0597. The molecule has 0 heterocycles. The Morgan fingerprint density at radius 3 is 2.23 bits per heavy atom. The van der Waals surface area contributed by atoms with Gasteiger partial charge in [-0.15, -0.1) is 0 Å². The molecule has 0 bridgehead atoms. The molecule has 0 fully saturated rings. The average Bonchev–Trinajstić information content (AvgIpc) is 2.74. The lowest BCUT2D eigenvalue weighted by molar-refractivity contribution is -0.140.